The van der Waals surface area contributed by atoms with Gasteiger partial charge in [0.2, 0.25) is 0 Å². The third kappa shape index (κ3) is 4.72. The van der Waals surface area contributed by atoms with Crippen molar-refractivity contribution in [2.45, 2.75) is 26.5 Å². The first-order valence-corrected chi connectivity index (χ1v) is 9.39. The van der Waals surface area contributed by atoms with E-state index in [2.05, 4.69) is 36.5 Å². The fourth-order valence-corrected chi connectivity index (χ4v) is 3.24. The molecule has 3 aromatic carbocycles. The van der Waals surface area contributed by atoms with Crippen molar-refractivity contribution in [3.8, 4) is 5.75 Å². The van der Waals surface area contributed by atoms with E-state index in [1.165, 1.54) is 5.56 Å². The summed E-state index contributed by atoms with van der Waals surface area (Å²) in [5.74, 6) is 0.847. The summed E-state index contributed by atoms with van der Waals surface area (Å²) in [6.45, 7) is 3.26. The highest BCUT2D eigenvalue weighted by Crippen LogP contribution is 2.25. The molecule has 0 saturated heterocycles. The van der Waals surface area contributed by atoms with Crippen molar-refractivity contribution in [3.05, 3.63) is 93.5 Å². The molecule has 0 heterocycles. The largest absolute Gasteiger partial charge is 0.488 e. The van der Waals surface area contributed by atoms with Gasteiger partial charge in [-0.05, 0) is 36.2 Å². The fourth-order valence-electron chi connectivity index (χ4n) is 2.78. The lowest BCUT2D eigenvalue weighted by Crippen LogP contribution is -2.05. The van der Waals surface area contributed by atoms with Crippen LogP contribution in [-0.4, -0.2) is 0 Å². The van der Waals surface area contributed by atoms with Crippen LogP contribution in [0.15, 0.2) is 66.7 Å². The van der Waals surface area contributed by atoms with Crippen LogP contribution in [0.3, 0.4) is 0 Å². The Kier molecular flexibility index (Phi) is 6.43. The minimum absolute atomic E-state index is 0.401. The highest BCUT2D eigenvalue weighted by molar-refractivity contribution is 6.35. The van der Waals surface area contributed by atoms with Gasteiger partial charge in [0, 0.05) is 33.4 Å². The monoisotopic (exact) mass is 385 g/mol. The summed E-state index contributed by atoms with van der Waals surface area (Å²) < 4.78 is 6.02. The normalized spacial score (nSPS) is 10.6. The number of hydrogen-bond acceptors (Lipinski definition) is 2. The predicted molar refractivity (Wildman–Crippen MR) is 110 cm³/mol. The van der Waals surface area contributed by atoms with Crippen LogP contribution in [0.4, 0.5) is 5.69 Å². The molecule has 0 aliphatic heterocycles. The summed E-state index contributed by atoms with van der Waals surface area (Å²) in [5.41, 5.74) is 4.48. The minimum atomic E-state index is 0.401. The molecule has 4 heteroatoms. The third-order valence-corrected chi connectivity index (χ3v) is 4.83. The van der Waals surface area contributed by atoms with E-state index in [9.17, 15) is 0 Å². The van der Waals surface area contributed by atoms with E-state index in [4.69, 9.17) is 27.9 Å². The second-order valence-corrected chi connectivity index (χ2v) is 6.84. The van der Waals surface area contributed by atoms with Gasteiger partial charge >= 0.3 is 0 Å². The van der Waals surface area contributed by atoms with E-state index in [1.807, 2.05) is 36.4 Å². The standard InChI is InChI=1S/C22H21Cl2NO/c1-2-16-7-3-5-9-21(16)25-14-17-8-4-6-10-22(17)26-15-18-11-12-19(23)13-20(18)24/h3-13,25H,2,14-15H2,1H3. The number of anilines is 1. The average Bonchev–Trinajstić information content (AvgIpc) is 2.66. The first-order chi connectivity index (χ1) is 12.7. The molecule has 0 radical (unpaired) electrons. The van der Waals surface area contributed by atoms with Crippen LogP contribution in [0.2, 0.25) is 10.0 Å². The van der Waals surface area contributed by atoms with Crippen molar-refractivity contribution in [2.75, 3.05) is 5.32 Å². The molecule has 0 bridgehead atoms. The molecule has 0 unspecified atom stereocenters. The Morgan fingerprint density at radius 2 is 1.58 bits per heavy atom. The number of ether oxygens (including phenoxy) is 1. The molecule has 0 atom stereocenters. The van der Waals surface area contributed by atoms with Gasteiger partial charge in [-0.3, -0.25) is 0 Å². The summed E-state index contributed by atoms with van der Waals surface area (Å²) in [6.07, 6.45) is 0.996. The molecule has 0 aliphatic carbocycles. The number of para-hydroxylation sites is 2. The van der Waals surface area contributed by atoms with Crippen LogP contribution in [0.1, 0.15) is 23.6 Å². The van der Waals surface area contributed by atoms with E-state index in [1.54, 1.807) is 6.07 Å². The van der Waals surface area contributed by atoms with Crippen molar-refractivity contribution in [2.24, 2.45) is 0 Å². The number of hydrogen-bond donors (Lipinski definition) is 1. The zero-order valence-electron chi connectivity index (χ0n) is 14.6. The molecule has 0 fully saturated rings. The maximum atomic E-state index is 6.23. The summed E-state index contributed by atoms with van der Waals surface area (Å²) in [4.78, 5) is 0. The van der Waals surface area contributed by atoms with Crippen LogP contribution in [0, 0.1) is 0 Å². The first kappa shape index (κ1) is 18.6. The smallest absolute Gasteiger partial charge is 0.124 e. The quantitative estimate of drug-likeness (QED) is 0.485. The average molecular weight is 386 g/mol. The Balaban J connectivity index is 1.70. The lowest BCUT2D eigenvalue weighted by Gasteiger charge is -2.15. The van der Waals surface area contributed by atoms with E-state index in [0.29, 0.717) is 23.2 Å². The van der Waals surface area contributed by atoms with Gasteiger partial charge in [-0.15, -0.1) is 0 Å². The summed E-state index contributed by atoms with van der Waals surface area (Å²) in [5, 5.41) is 4.75. The second-order valence-electron chi connectivity index (χ2n) is 6.00. The Hall–Kier alpha value is -2.16. The molecular weight excluding hydrogens is 365 g/mol. The molecule has 26 heavy (non-hydrogen) atoms. The van der Waals surface area contributed by atoms with Gasteiger partial charge in [0.05, 0.1) is 0 Å². The molecule has 0 saturated carbocycles. The summed E-state index contributed by atoms with van der Waals surface area (Å²) in [6, 6.07) is 21.9. The molecular formula is C22H21Cl2NO. The molecule has 0 amide bonds. The van der Waals surface area contributed by atoms with E-state index in [0.717, 1.165) is 29.0 Å². The number of rotatable bonds is 7. The van der Waals surface area contributed by atoms with Crippen LogP contribution in [0.5, 0.6) is 5.75 Å². The number of halogens is 2. The Morgan fingerprint density at radius 1 is 0.846 bits per heavy atom. The van der Waals surface area contributed by atoms with Crippen molar-refractivity contribution in [1.82, 2.24) is 0 Å². The van der Waals surface area contributed by atoms with Gasteiger partial charge in [-0.25, -0.2) is 0 Å². The van der Waals surface area contributed by atoms with Crippen LogP contribution >= 0.6 is 23.2 Å². The van der Waals surface area contributed by atoms with Crippen molar-refractivity contribution in [1.29, 1.82) is 0 Å². The maximum absolute atomic E-state index is 6.23. The van der Waals surface area contributed by atoms with Gasteiger partial charge in [0.15, 0.2) is 0 Å². The Bertz CT molecular complexity index is 880. The van der Waals surface area contributed by atoms with Gasteiger partial charge in [0.1, 0.15) is 12.4 Å². The van der Waals surface area contributed by atoms with E-state index >= 15 is 0 Å². The number of aryl methyl sites for hydroxylation is 1. The van der Waals surface area contributed by atoms with Gasteiger partial charge in [-0.2, -0.15) is 0 Å². The zero-order valence-corrected chi connectivity index (χ0v) is 16.1. The topological polar surface area (TPSA) is 21.3 Å². The highest BCUT2D eigenvalue weighted by atomic mass is 35.5. The molecule has 0 aliphatic rings. The lowest BCUT2D eigenvalue weighted by molar-refractivity contribution is 0.303. The zero-order chi connectivity index (χ0) is 18.4. The van der Waals surface area contributed by atoms with Crippen molar-refractivity contribution in [3.63, 3.8) is 0 Å². The SMILES string of the molecule is CCc1ccccc1NCc1ccccc1OCc1ccc(Cl)cc1Cl. The lowest BCUT2D eigenvalue weighted by atomic mass is 10.1. The number of benzene rings is 3. The fraction of sp³-hybridized carbons (Fsp3) is 0.182. The second kappa shape index (κ2) is 8.98. The van der Waals surface area contributed by atoms with Crippen molar-refractivity contribution < 1.29 is 4.74 Å². The summed E-state index contributed by atoms with van der Waals surface area (Å²) >= 11 is 12.2. The van der Waals surface area contributed by atoms with E-state index in [-0.39, 0.29) is 0 Å². The molecule has 134 valence electrons. The van der Waals surface area contributed by atoms with Gasteiger partial charge < -0.3 is 10.1 Å². The van der Waals surface area contributed by atoms with Crippen LogP contribution in [0.25, 0.3) is 0 Å². The van der Waals surface area contributed by atoms with Gasteiger partial charge in [-0.1, -0.05) is 72.6 Å². The molecule has 0 aromatic heterocycles. The third-order valence-electron chi connectivity index (χ3n) is 4.24. The number of nitrogens with one attached hydrogen (secondary N) is 1. The Morgan fingerprint density at radius 3 is 2.35 bits per heavy atom. The molecule has 0 spiro atoms. The minimum Gasteiger partial charge on any atom is -0.488 e. The van der Waals surface area contributed by atoms with Crippen molar-refractivity contribution >= 4 is 28.9 Å². The molecule has 3 aromatic rings. The molecule has 3 rings (SSSR count). The predicted octanol–water partition coefficient (Wildman–Crippen LogP) is 6.75. The first-order valence-electron chi connectivity index (χ1n) is 8.63. The molecule has 2 nitrogen and oxygen atoms in total. The summed E-state index contributed by atoms with van der Waals surface area (Å²) in [7, 11) is 0. The molecule has 1 N–H and O–H groups in total. The van der Waals surface area contributed by atoms with Gasteiger partial charge in [0.25, 0.3) is 0 Å². The Labute approximate surface area is 164 Å². The highest BCUT2D eigenvalue weighted by Gasteiger charge is 2.07. The van der Waals surface area contributed by atoms with Crippen LogP contribution < -0.4 is 10.1 Å². The van der Waals surface area contributed by atoms with Crippen LogP contribution in [-0.2, 0) is 19.6 Å². The maximum Gasteiger partial charge on any atom is 0.124 e. The van der Waals surface area contributed by atoms with E-state index < -0.39 is 0 Å².